The molecule has 0 atom stereocenters. The second kappa shape index (κ2) is 8.84. The third kappa shape index (κ3) is 4.25. The van der Waals surface area contributed by atoms with Gasteiger partial charge in [0.2, 0.25) is 0 Å². The van der Waals surface area contributed by atoms with Crippen LogP contribution in [0, 0.1) is 0 Å². The molecule has 35 heavy (non-hydrogen) atoms. The summed E-state index contributed by atoms with van der Waals surface area (Å²) < 4.78 is 0. The highest BCUT2D eigenvalue weighted by Crippen LogP contribution is 2.29. The Labute approximate surface area is 203 Å². The molecule has 0 saturated heterocycles. The van der Waals surface area contributed by atoms with Crippen LogP contribution in [0.1, 0.15) is 0 Å². The summed E-state index contributed by atoms with van der Waals surface area (Å²) in [5.74, 6) is 2.19. The number of hydrogen-bond donors (Lipinski definition) is 1. The van der Waals surface area contributed by atoms with Gasteiger partial charge in [-0.3, -0.25) is 0 Å². The average Bonchev–Trinajstić information content (AvgIpc) is 2.93. The molecule has 5 aromatic carbocycles. The molecule has 0 bridgehead atoms. The van der Waals surface area contributed by atoms with Crippen molar-refractivity contribution >= 4 is 10.8 Å². The van der Waals surface area contributed by atoms with Gasteiger partial charge in [-0.15, -0.1) is 0 Å². The van der Waals surface area contributed by atoms with E-state index in [4.69, 9.17) is 15.0 Å². The van der Waals surface area contributed by atoms with E-state index < -0.39 is 0 Å². The summed E-state index contributed by atoms with van der Waals surface area (Å²) in [4.78, 5) is 14.4. The molecule has 4 heteroatoms. The fraction of sp³-hybridized carbons (Fsp3) is 0. The number of benzene rings is 5. The molecule has 166 valence electrons. The first-order valence-corrected chi connectivity index (χ1v) is 11.4. The third-order valence-electron chi connectivity index (χ3n) is 6.00. The zero-order chi connectivity index (χ0) is 23.6. The minimum atomic E-state index is 0.267. The molecule has 0 fully saturated rings. The molecule has 4 nitrogen and oxygen atoms in total. The van der Waals surface area contributed by atoms with Crippen molar-refractivity contribution in [2.75, 3.05) is 0 Å². The lowest BCUT2D eigenvalue weighted by molar-refractivity contribution is 0.476. The first kappa shape index (κ1) is 20.8. The molecule has 0 spiro atoms. The van der Waals surface area contributed by atoms with E-state index in [0.29, 0.717) is 17.5 Å². The molecule has 0 unspecified atom stereocenters. The van der Waals surface area contributed by atoms with Gasteiger partial charge in [0, 0.05) is 16.7 Å². The number of nitrogens with zero attached hydrogens (tertiary/aromatic N) is 3. The summed E-state index contributed by atoms with van der Waals surface area (Å²) in [6.07, 6.45) is 0. The first-order valence-electron chi connectivity index (χ1n) is 11.4. The van der Waals surface area contributed by atoms with Crippen molar-refractivity contribution < 1.29 is 5.11 Å². The van der Waals surface area contributed by atoms with E-state index in [1.165, 1.54) is 0 Å². The van der Waals surface area contributed by atoms with Gasteiger partial charge >= 0.3 is 0 Å². The van der Waals surface area contributed by atoms with E-state index >= 15 is 0 Å². The maximum absolute atomic E-state index is 9.84. The number of aromatic hydroxyl groups is 1. The van der Waals surface area contributed by atoms with Crippen LogP contribution in [0.5, 0.6) is 5.75 Å². The molecule has 1 N–H and O–H groups in total. The van der Waals surface area contributed by atoms with Gasteiger partial charge in [0.05, 0.1) is 0 Å². The molecule has 6 aromatic rings. The molecule has 0 amide bonds. The monoisotopic (exact) mass is 451 g/mol. The second-order valence-corrected chi connectivity index (χ2v) is 8.36. The van der Waals surface area contributed by atoms with Crippen LogP contribution < -0.4 is 0 Å². The normalized spacial score (nSPS) is 11.0. The van der Waals surface area contributed by atoms with Gasteiger partial charge in [-0.05, 0) is 40.1 Å². The van der Waals surface area contributed by atoms with E-state index in [9.17, 15) is 5.11 Å². The predicted octanol–water partition coefficient (Wildman–Crippen LogP) is 7.40. The molecule has 0 aliphatic heterocycles. The van der Waals surface area contributed by atoms with E-state index in [1.54, 1.807) is 12.1 Å². The van der Waals surface area contributed by atoms with Gasteiger partial charge in [-0.25, -0.2) is 15.0 Å². The largest absolute Gasteiger partial charge is 0.508 e. The standard InChI is InChI=1S/C31H21N3O/c35-28-18-17-22-13-16-26(19-27(22)20-28)21-11-14-25(15-12-21)31-33-29(23-7-3-1-4-8-23)32-30(34-31)24-9-5-2-6-10-24/h1-20,35H. The van der Waals surface area contributed by atoms with Crippen molar-refractivity contribution in [3.05, 3.63) is 121 Å². The van der Waals surface area contributed by atoms with Gasteiger partial charge in [-0.2, -0.15) is 0 Å². The molecular weight excluding hydrogens is 430 g/mol. The molecule has 0 aliphatic rings. The Kier molecular flexibility index (Phi) is 5.24. The Morgan fingerprint density at radius 1 is 0.371 bits per heavy atom. The minimum absolute atomic E-state index is 0.267. The minimum Gasteiger partial charge on any atom is -0.508 e. The molecular formula is C31H21N3O. The smallest absolute Gasteiger partial charge is 0.164 e. The summed E-state index contributed by atoms with van der Waals surface area (Å²) in [5, 5.41) is 11.9. The Balaban J connectivity index is 1.41. The number of phenols is 1. The SMILES string of the molecule is Oc1ccc2ccc(-c3ccc(-c4nc(-c5ccccc5)nc(-c5ccccc5)n4)cc3)cc2c1. The maximum Gasteiger partial charge on any atom is 0.164 e. The van der Waals surface area contributed by atoms with Gasteiger partial charge < -0.3 is 5.11 Å². The Morgan fingerprint density at radius 3 is 1.40 bits per heavy atom. The highest BCUT2D eigenvalue weighted by Gasteiger charge is 2.12. The van der Waals surface area contributed by atoms with Crippen LogP contribution in [0.2, 0.25) is 0 Å². The summed E-state index contributed by atoms with van der Waals surface area (Å²) in [6, 6.07) is 39.9. The van der Waals surface area contributed by atoms with Crippen molar-refractivity contribution in [1.29, 1.82) is 0 Å². The molecule has 0 aliphatic carbocycles. The topological polar surface area (TPSA) is 58.9 Å². The average molecular weight is 452 g/mol. The predicted molar refractivity (Wildman–Crippen MR) is 141 cm³/mol. The quantitative estimate of drug-likeness (QED) is 0.303. The fourth-order valence-corrected chi connectivity index (χ4v) is 4.16. The lowest BCUT2D eigenvalue weighted by Crippen LogP contribution is -2.00. The zero-order valence-corrected chi connectivity index (χ0v) is 18.8. The summed E-state index contributed by atoms with van der Waals surface area (Å²) in [5.41, 5.74) is 4.98. The van der Waals surface area contributed by atoms with Gasteiger partial charge in [0.15, 0.2) is 17.5 Å². The van der Waals surface area contributed by atoms with Crippen LogP contribution in [0.3, 0.4) is 0 Å². The van der Waals surface area contributed by atoms with E-state index in [2.05, 4.69) is 30.3 Å². The Morgan fingerprint density at radius 2 is 0.829 bits per heavy atom. The van der Waals surface area contributed by atoms with Crippen LogP contribution in [0.25, 0.3) is 56.1 Å². The van der Waals surface area contributed by atoms with Crippen molar-refractivity contribution in [3.8, 4) is 51.0 Å². The zero-order valence-electron chi connectivity index (χ0n) is 18.8. The van der Waals surface area contributed by atoms with Crippen LogP contribution in [0.4, 0.5) is 0 Å². The van der Waals surface area contributed by atoms with Crippen molar-refractivity contribution in [2.45, 2.75) is 0 Å². The van der Waals surface area contributed by atoms with Crippen molar-refractivity contribution in [1.82, 2.24) is 15.0 Å². The van der Waals surface area contributed by atoms with Crippen LogP contribution in [0.15, 0.2) is 121 Å². The van der Waals surface area contributed by atoms with Crippen molar-refractivity contribution in [2.24, 2.45) is 0 Å². The van der Waals surface area contributed by atoms with Crippen molar-refractivity contribution in [3.63, 3.8) is 0 Å². The van der Waals surface area contributed by atoms with E-state index in [1.807, 2.05) is 78.9 Å². The molecule has 0 saturated carbocycles. The number of fused-ring (bicyclic) bond motifs is 1. The van der Waals surface area contributed by atoms with E-state index in [0.717, 1.165) is 38.6 Å². The number of hydrogen-bond acceptors (Lipinski definition) is 4. The molecule has 1 heterocycles. The highest BCUT2D eigenvalue weighted by atomic mass is 16.3. The lowest BCUT2D eigenvalue weighted by atomic mass is 10.00. The highest BCUT2D eigenvalue weighted by molar-refractivity contribution is 5.88. The Hall–Kier alpha value is -4.83. The Bertz CT molecular complexity index is 1570. The third-order valence-corrected chi connectivity index (χ3v) is 6.00. The maximum atomic E-state index is 9.84. The first-order chi connectivity index (χ1) is 17.2. The summed E-state index contributed by atoms with van der Waals surface area (Å²) in [7, 11) is 0. The summed E-state index contributed by atoms with van der Waals surface area (Å²) >= 11 is 0. The molecule has 0 radical (unpaired) electrons. The van der Waals surface area contributed by atoms with Gasteiger partial charge in [0.1, 0.15) is 5.75 Å². The van der Waals surface area contributed by atoms with Gasteiger partial charge in [-0.1, -0.05) is 103 Å². The number of rotatable bonds is 4. The molecule has 1 aromatic heterocycles. The van der Waals surface area contributed by atoms with Gasteiger partial charge in [0.25, 0.3) is 0 Å². The van der Waals surface area contributed by atoms with E-state index in [-0.39, 0.29) is 5.75 Å². The fourth-order valence-electron chi connectivity index (χ4n) is 4.16. The second-order valence-electron chi connectivity index (χ2n) is 8.36. The summed E-state index contributed by atoms with van der Waals surface area (Å²) in [6.45, 7) is 0. The van der Waals surface area contributed by atoms with Crippen LogP contribution >= 0.6 is 0 Å². The number of phenolic OH excluding ortho intramolecular Hbond substituents is 1. The number of aromatic nitrogens is 3. The van der Waals surface area contributed by atoms with Crippen LogP contribution in [-0.4, -0.2) is 20.1 Å². The van der Waals surface area contributed by atoms with Crippen LogP contribution in [-0.2, 0) is 0 Å². The lowest BCUT2D eigenvalue weighted by Gasteiger charge is -2.09. The molecule has 6 rings (SSSR count).